The van der Waals surface area contributed by atoms with E-state index >= 15 is 0 Å². The molecule has 188 valence electrons. The second-order valence-corrected chi connectivity index (χ2v) is 8.86. The van der Waals surface area contributed by atoms with Gasteiger partial charge in [-0.05, 0) is 30.5 Å². The quantitative estimate of drug-likeness (QED) is 0.310. The standard InChI is InChI=1S/C23H23F2N7O3S/c1-36-15-3-4-19(35-23(24)25)16(9-15)20-18(11-31(30-20)8-6-26-14-12-34-13-14)29-22(33)17-10-28-32-7-2-5-27-21(17)32/h2-5,7,9-11,14,23,26H,6,8,12-13H2,1H3,(H,29,33). The normalized spacial score (nSPS) is 13.8. The summed E-state index contributed by atoms with van der Waals surface area (Å²) in [7, 11) is 0. The Labute approximate surface area is 209 Å². The first-order valence-electron chi connectivity index (χ1n) is 11.1. The Kier molecular flexibility index (Phi) is 7.11. The van der Waals surface area contributed by atoms with Gasteiger partial charge in [-0.25, -0.2) is 9.50 Å². The van der Waals surface area contributed by atoms with E-state index in [0.29, 0.717) is 54.9 Å². The molecule has 5 rings (SSSR count). The first-order valence-corrected chi connectivity index (χ1v) is 12.4. The third-order valence-electron chi connectivity index (χ3n) is 5.60. The zero-order chi connectivity index (χ0) is 25.1. The molecule has 4 aromatic rings. The number of rotatable bonds is 10. The van der Waals surface area contributed by atoms with Crippen LogP contribution in [0.3, 0.4) is 0 Å². The average molecular weight is 516 g/mol. The number of aromatic nitrogens is 5. The number of amides is 1. The van der Waals surface area contributed by atoms with E-state index < -0.39 is 12.5 Å². The van der Waals surface area contributed by atoms with E-state index in [0.717, 1.165) is 4.90 Å². The number of nitrogens with zero attached hydrogens (tertiary/aromatic N) is 5. The van der Waals surface area contributed by atoms with Gasteiger partial charge in [-0.15, -0.1) is 11.8 Å². The van der Waals surface area contributed by atoms with Gasteiger partial charge in [-0.1, -0.05) is 0 Å². The molecule has 0 unspecified atom stereocenters. The number of nitrogens with one attached hydrogen (secondary N) is 2. The van der Waals surface area contributed by atoms with Crippen LogP contribution in [0.1, 0.15) is 10.4 Å². The molecular weight excluding hydrogens is 492 g/mol. The van der Waals surface area contributed by atoms with Gasteiger partial charge in [0.2, 0.25) is 0 Å². The monoisotopic (exact) mass is 515 g/mol. The van der Waals surface area contributed by atoms with E-state index in [1.54, 1.807) is 41.5 Å². The fraction of sp³-hybridized carbons (Fsp3) is 0.304. The summed E-state index contributed by atoms with van der Waals surface area (Å²) in [6.45, 7) is -0.580. The van der Waals surface area contributed by atoms with Crippen LogP contribution < -0.4 is 15.4 Å². The summed E-state index contributed by atoms with van der Waals surface area (Å²) in [6.07, 6.45) is 8.22. The second-order valence-electron chi connectivity index (χ2n) is 7.98. The molecular formula is C23H23F2N7O3S. The van der Waals surface area contributed by atoms with Crippen LogP contribution in [-0.4, -0.2) is 69.0 Å². The lowest BCUT2D eigenvalue weighted by molar-refractivity contribution is -0.0494. The Morgan fingerprint density at radius 3 is 2.97 bits per heavy atom. The van der Waals surface area contributed by atoms with Gasteiger partial charge in [0.05, 0.1) is 37.7 Å². The molecule has 1 fully saturated rings. The molecule has 1 aromatic carbocycles. The first kappa shape index (κ1) is 24.2. The number of carbonyl (C=O) groups is 1. The van der Waals surface area contributed by atoms with E-state index in [-0.39, 0.29) is 11.3 Å². The lowest BCUT2D eigenvalue weighted by Crippen LogP contribution is -2.46. The van der Waals surface area contributed by atoms with Gasteiger partial charge < -0.3 is 20.1 Å². The Morgan fingerprint density at radius 2 is 2.22 bits per heavy atom. The molecule has 0 aliphatic carbocycles. The summed E-state index contributed by atoms with van der Waals surface area (Å²) < 4.78 is 39.4. The van der Waals surface area contributed by atoms with Crippen LogP contribution >= 0.6 is 11.8 Å². The van der Waals surface area contributed by atoms with Crippen LogP contribution in [0.5, 0.6) is 5.75 Å². The number of benzene rings is 1. The minimum Gasteiger partial charge on any atom is -0.434 e. The van der Waals surface area contributed by atoms with Crippen molar-refractivity contribution in [3.05, 3.63) is 54.6 Å². The van der Waals surface area contributed by atoms with Crippen LogP contribution in [0.25, 0.3) is 16.9 Å². The van der Waals surface area contributed by atoms with Crippen LogP contribution in [-0.2, 0) is 11.3 Å². The van der Waals surface area contributed by atoms with E-state index in [1.807, 2.05) is 6.26 Å². The van der Waals surface area contributed by atoms with Gasteiger partial charge in [-0.2, -0.15) is 19.0 Å². The maximum Gasteiger partial charge on any atom is 0.387 e. The molecule has 1 saturated heterocycles. The number of anilines is 1. The molecule has 1 aliphatic rings. The molecule has 2 N–H and O–H groups in total. The van der Waals surface area contributed by atoms with Crippen LogP contribution in [0.2, 0.25) is 0 Å². The van der Waals surface area contributed by atoms with Crippen molar-refractivity contribution in [2.45, 2.75) is 24.1 Å². The molecule has 3 aromatic heterocycles. The molecule has 0 atom stereocenters. The van der Waals surface area contributed by atoms with Crippen LogP contribution in [0.15, 0.2) is 53.9 Å². The van der Waals surface area contributed by atoms with Gasteiger partial charge in [0, 0.05) is 35.6 Å². The summed E-state index contributed by atoms with van der Waals surface area (Å²) in [5.41, 5.74) is 1.66. The number of alkyl halides is 2. The molecule has 1 amide bonds. The van der Waals surface area contributed by atoms with Gasteiger partial charge in [0.25, 0.3) is 5.91 Å². The Balaban J connectivity index is 1.49. The van der Waals surface area contributed by atoms with E-state index in [2.05, 4.69) is 25.8 Å². The lowest BCUT2D eigenvalue weighted by Gasteiger charge is -2.26. The minimum atomic E-state index is -3.01. The summed E-state index contributed by atoms with van der Waals surface area (Å²) in [6, 6.07) is 6.89. The minimum absolute atomic E-state index is 0.0362. The molecule has 1 aliphatic heterocycles. The van der Waals surface area contributed by atoms with E-state index in [1.165, 1.54) is 28.5 Å². The highest BCUT2D eigenvalue weighted by Gasteiger charge is 2.22. The predicted molar refractivity (Wildman–Crippen MR) is 130 cm³/mol. The fourth-order valence-corrected chi connectivity index (χ4v) is 4.20. The van der Waals surface area contributed by atoms with Crippen molar-refractivity contribution >= 4 is 29.0 Å². The lowest BCUT2D eigenvalue weighted by atomic mass is 10.1. The fourth-order valence-electron chi connectivity index (χ4n) is 3.76. The molecule has 0 saturated carbocycles. The molecule has 13 heteroatoms. The summed E-state index contributed by atoms with van der Waals surface area (Å²) >= 11 is 1.45. The van der Waals surface area contributed by atoms with Crippen molar-refractivity contribution in [2.75, 3.05) is 31.3 Å². The predicted octanol–water partition coefficient (Wildman–Crippen LogP) is 3.16. The van der Waals surface area contributed by atoms with Gasteiger partial charge >= 0.3 is 6.61 Å². The molecule has 0 bridgehead atoms. The van der Waals surface area contributed by atoms with Crippen LogP contribution in [0.4, 0.5) is 14.5 Å². The zero-order valence-corrected chi connectivity index (χ0v) is 20.0. The molecule has 4 heterocycles. The van der Waals surface area contributed by atoms with Gasteiger partial charge in [0.1, 0.15) is 17.0 Å². The third-order valence-corrected chi connectivity index (χ3v) is 6.33. The average Bonchev–Trinajstić information content (AvgIpc) is 3.45. The summed E-state index contributed by atoms with van der Waals surface area (Å²) in [5, 5.41) is 15.0. The summed E-state index contributed by atoms with van der Waals surface area (Å²) in [5.74, 6) is -0.488. The van der Waals surface area contributed by atoms with E-state index in [9.17, 15) is 13.6 Å². The van der Waals surface area contributed by atoms with Crippen molar-refractivity contribution in [3.8, 4) is 17.0 Å². The Bertz CT molecular complexity index is 1370. The van der Waals surface area contributed by atoms with Crippen molar-refractivity contribution in [1.29, 1.82) is 0 Å². The van der Waals surface area contributed by atoms with Crippen molar-refractivity contribution in [2.24, 2.45) is 0 Å². The second kappa shape index (κ2) is 10.6. The number of hydrogen-bond acceptors (Lipinski definition) is 8. The Hall–Kier alpha value is -3.55. The van der Waals surface area contributed by atoms with Gasteiger partial charge in [-0.3, -0.25) is 9.48 Å². The third kappa shape index (κ3) is 5.17. The van der Waals surface area contributed by atoms with Crippen molar-refractivity contribution in [1.82, 2.24) is 29.7 Å². The largest absolute Gasteiger partial charge is 0.434 e. The van der Waals surface area contributed by atoms with Crippen molar-refractivity contribution in [3.63, 3.8) is 0 Å². The number of thioether (sulfide) groups is 1. The first-order chi connectivity index (χ1) is 17.5. The maximum atomic E-state index is 13.2. The highest BCUT2D eigenvalue weighted by molar-refractivity contribution is 7.98. The topological polar surface area (TPSA) is 108 Å². The number of hydrogen-bond donors (Lipinski definition) is 2. The zero-order valence-electron chi connectivity index (χ0n) is 19.2. The molecule has 36 heavy (non-hydrogen) atoms. The molecule has 10 nitrogen and oxygen atoms in total. The number of carbonyl (C=O) groups excluding carboxylic acids is 1. The molecule has 0 radical (unpaired) electrons. The summed E-state index contributed by atoms with van der Waals surface area (Å²) in [4.78, 5) is 18.2. The SMILES string of the molecule is CSc1ccc(OC(F)F)c(-c2nn(CCNC3COC3)cc2NC(=O)c2cnn3cccnc23)c1. The molecule has 0 spiro atoms. The van der Waals surface area contributed by atoms with Crippen molar-refractivity contribution < 1.29 is 23.0 Å². The smallest absolute Gasteiger partial charge is 0.387 e. The van der Waals surface area contributed by atoms with Crippen LogP contribution in [0, 0.1) is 0 Å². The van der Waals surface area contributed by atoms with E-state index in [4.69, 9.17) is 9.47 Å². The highest BCUT2D eigenvalue weighted by atomic mass is 32.2. The number of ether oxygens (including phenoxy) is 2. The Morgan fingerprint density at radius 1 is 1.36 bits per heavy atom. The number of fused-ring (bicyclic) bond motifs is 1. The highest BCUT2D eigenvalue weighted by Crippen LogP contribution is 2.37. The maximum absolute atomic E-state index is 13.2. The van der Waals surface area contributed by atoms with Gasteiger partial charge in [0.15, 0.2) is 5.65 Å². The number of halogens is 2.